The third kappa shape index (κ3) is 2.62. The van der Waals surface area contributed by atoms with Gasteiger partial charge in [-0.3, -0.25) is 9.36 Å². The number of carbonyl (C=O) groups is 1. The van der Waals surface area contributed by atoms with E-state index >= 15 is 0 Å². The predicted molar refractivity (Wildman–Crippen MR) is 66.8 cm³/mol. The molecule has 0 amide bonds. The molecule has 18 heavy (non-hydrogen) atoms. The second-order valence-electron chi connectivity index (χ2n) is 4.05. The van der Waals surface area contributed by atoms with Gasteiger partial charge in [0.1, 0.15) is 12.2 Å². The molecule has 1 aromatic heterocycles. The van der Waals surface area contributed by atoms with Gasteiger partial charge in [0, 0.05) is 24.3 Å². The van der Waals surface area contributed by atoms with Crippen molar-refractivity contribution in [2.24, 2.45) is 0 Å². The molecule has 5 nitrogen and oxygen atoms in total. The number of nitrogens with zero attached hydrogens (tertiary/aromatic N) is 3. The minimum atomic E-state index is 0.0470. The van der Waals surface area contributed by atoms with Crippen molar-refractivity contribution in [1.29, 1.82) is 0 Å². The first-order valence-corrected chi connectivity index (χ1v) is 5.83. The molecule has 2 aromatic rings. The minimum absolute atomic E-state index is 0.0470. The second-order valence-corrected chi connectivity index (χ2v) is 4.05. The molecule has 0 radical (unpaired) electrons. The smallest absolute Gasteiger partial charge is 0.159 e. The van der Waals surface area contributed by atoms with E-state index in [1.807, 2.05) is 16.7 Å². The Bertz CT molecular complexity index is 531. The number of rotatable bonds is 5. The van der Waals surface area contributed by atoms with Gasteiger partial charge in [0.05, 0.1) is 0 Å². The van der Waals surface area contributed by atoms with Crippen LogP contribution in [0.5, 0.6) is 0 Å². The topological polar surface area (TPSA) is 68.0 Å². The minimum Gasteiger partial charge on any atom is -0.396 e. The van der Waals surface area contributed by atoms with E-state index in [9.17, 15) is 4.79 Å². The van der Waals surface area contributed by atoms with Crippen molar-refractivity contribution in [2.45, 2.75) is 19.8 Å². The van der Waals surface area contributed by atoms with Gasteiger partial charge in [0.25, 0.3) is 0 Å². The Balaban J connectivity index is 2.25. The summed E-state index contributed by atoms with van der Waals surface area (Å²) in [4.78, 5) is 11.2. The Kier molecular flexibility index (Phi) is 3.84. The number of aryl methyl sites for hydroxylation is 1. The van der Waals surface area contributed by atoms with E-state index < -0.39 is 0 Å². The van der Waals surface area contributed by atoms with Gasteiger partial charge in [0.2, 0.25) is 0 Å². The van der Waals surface area contributed by atoms with Gasteiger partial charge in [-0.2, -0.15) is 0 Å². The highest BCUT2D eigenvalue weighted by Crippen LogP contribution is 2.12. The summed E-state index contributed by atoms with van der Waals surface area (Å²) in [6.07, 6.45) is 2.96. The third-order valence-corrected chi connectivity index (χ3v) is 2.73. The van der Waals surface area contributed by atoms with Crippen molar-refractivity contribution < 1.29 is 9.90 Å². The van der Waals surface area contributed by atoms with Gasteiger partial charge < -0.3 is 5.11 Å². The molecule has 0 aliphatic rings. The zero-order valence-corrected chi connectivity index (χ0v) is 10.2. The SMILES string of the molecule is CC(=O)c1ccc(-n2cnnc2CCCO)cc1. The van der Waals surface area contributed by atoms with E-state index in [1.165, 1.54) is 0 Å². The van der Waals surface area contributed by atoms with Crippen molar-refractivity contribution in [3.05, 3.63) is 42.0 Å². The number of hydrogen-bond donors (Lipinski definition) is 1. The highest BCUT2D eigenvalue weighted by atomic mass is 16.2. The van der Waals surface area contributed by atoms with E-state index in [-0.39, 0.29) is 12.4 Å². The standard InChI is InChI=1S/C13H15N3O2/c1-10(18)11-4-6-12(7-5-11)16-9-14-15-13(16)3-2-8-17/h4-7,9,17H,2-3,8H2,1H3. The van der Waals surface area contributed by atoms with E-state index in [0.29, 0.717) is 18.4 Å². The maximum Gasteiger partial charge on any atom is 0.159 e. The van der Waals surface area contributed by atoms with Gasteiger partial charge >= 0.3 is 0 Å². The molecule has 5 heteroatoms. The summed E-state index contributed by atoms with van der Waals surface area (Å²) < 4.78 is 1.86. The lowest BCUT2D eigenvalue weighted by Crippen LogP contribution is -2.02. The fourth-order valence-corrected chi connectivity index (χ4v) is 1.74. The van der Waals surface area contributed by atoms with Crippen LogP contribution in [0.15, 0.2) is 30.6 Å². The Morgan fingerprint density at radius 3 is 2.67 bits per heavy atom. The summed E-state index contributed by atoms with van der Waals surface area (Å²) in [6, 6.07) is 7.30. The number of Topliss-reactive ketones (excluding diaryl/α,β-unsaturated/α-hetero) is 1. The number of benzene rings is 1. The zero-order valence-electron chi connectivity index (χ0n) is 10.2. The molecule has 0 bridgehead atoms. The van der Waals surface area contributed by atoms with Crippen LogP contribution in [0.4, 0.5) is 0 Å². The molecule has 0 atom stereocenters. The van der Waals surface area contributed by atoms with E-state index in [2.05, 4.69) is 10.2 Å². The maximum absolute atomic E-state index is 11.2. The van der Waals surface area contributed by atoms with Crippen molar-refractivity contribution >= 4 is 5.78 Å². The van der Waals surface area contributed by atoms with Gasteiger partial charge in [0.15, 0.2) is 5.78 Å². The van der Waals surface area contributed by atoms with Crippen LogP contribution < -0.4 is 0 Å². The molecule has 1 heterocycles. The zero-order chi connectivity index (χ0) is 13.0. The number of aromatic nitrogens is 3. The molecule has 94 valence electrons. The predicted octanol–water partition coefficient (Wildman–Crippen LogP) is 1.39. The van der Waals surface area contributed by atoms with Crippen LogP contribution >= 0.6 is 0 Å². The van der Waals surface area contributed by atoms with E-state index in [4.69, 9.17) is 5.11 Å². The first-order valence-electron chi connectivity index (χ1n) is 5.83. The largest absolute Gasteiger partial charge is 0.396 e. The Morgan fingerprint density at radius 2 is 2.06 bits per heavy atom. The van der Waals surface area contributed by atoms with Gasteiger partial charge in [-0.1, -0.05) is 0 Å². The molecule has 0 unspecified atom stereocenters. The Labute approximate surface area is 105 Å². The summed E-state index contributed by atoms with van der Waals surface area (Å²) in [5, 5.41) is 16.7. The summed E-state index contributed by atoms with van der Waals surface area (Å²) in [5.41, 5.74) is 1.60. The lowest BCUT2D eigenvalue weighted by molar-refractivity contribution is 0.101. The van der Waals surface area contributed by atoms with Gasteiger partial charge in [-0.25, -0.2) is 0 Å². The monoisotopic (exact) mass is 245 g/mol. The quantitative estimate of drug-likeness (QED) is 0.808. The van der Waals surface area contributed by atoms with Gasteiger partial charge in [-0.05, 0) is 37.6 Å². The second kappa shape index (κ2) is 5.55. The molecule has 0 saturated heterocycles. The van der Waals surface area contributed by atoms with Crippen molar-refractivity contribution in [3.63, 3.8) is 0 Å². The van der Waals surface area contributed by atoms with Crippen molar-refractivity contribution in [2.75, 3.05) is 6.61 Å². The number of aliphatic hydroxyl groups is 1. The number of hydrogen-bond acceptors (Lipinski definition) is 4. The van der Waals surface area contributed by atoms with Crippen molar-refractivity contribution in [1.82, 2.24) is 14.8 Å². The molecule has 0 aliphatic heterocycles. The van der Waals surface area contributed by atoms with Crippen LogP contribution in [0.1, 0.15) is 29.5 Å². The Morgan fingerprint density at radius 1 is 1.33 bits per heavy atom. The summed E-state index contributed by atoms with van der Waals surface area (Å²) in [7, 11) is 0. The first kappa shape index (κ1) is 12.4. The highest BCUT2D eigenvalue weighted by molar-refractivity contribution is 5.94. The maximum atomic E-state index is 11.2. The molecule has 0 spiro atoms. The van der Waals surface area contributed by atoms with E-state index in [0.717, 1.165) is 11.5 Å². The molecule has 1 N–H and O–H groups in total. The molecule has 1 aromatic carbocycles. The lowest BCUT2D eigenvalue weighted by atomic mass is 10.1. The summed E-state index contributed by atoms with van der Waals surface area (Å²) in [6.45, 7) is 1.68. The number of ketones is 1. The van der Waals surface area contributed by atoms with Crippen LogP contribution in [-0.4, -0.2) is 32.3 Å². The molecule has 2 rings (SSSR count). The molecule has 0 saturated carbocycles. The van der Waals surface area contributed by atoms with Crippen LogP contribution in [0.3, 0.4) is 0 Å². The lowest BCUT2D eigenvalue weighted by Gasteiger charge is -2.06. The number of carbonyl (C=O) groups excluding carboxylic acids is 1. The summed E-state index contributed by atoms with van der Waals surface area (Å²) >= 11 is 0. The molecule has 0 aliphatic carbocycles. The van der Waals surface area contributed by atoms with Crippen LogP contribution in [0.25, 0.3) is 5.69 Å². The average Bonchev–Trinajstić information content (AvgIpc) is 2.84. The van der Waals surface area contributed by atoms with E-state index in [1.54, 1.807) is 25.4 Å². The Hall–Kier alpha value is -2.01. The normalized spacial score (nSPS) is 10.6. The third-order valence-electron chi connectivity index (χ3n) is 2.73. The molecular formula is C13H15N3O2. The molecular weight excluding hydrogens is 230 g/mol. The van der Waals surface area contributed by atoms with Gasteiger partial charge in [-0.15, -0.1) is 10.2 Å². The fourth-order valence-electron chi connectivity index (χ4n) is 1.74. The van der Waals surface area contributed by atoms with Crippen LogP contribution in [0.2, 0.25) is 0 Å². The van der Waals surface area contributed by atoms with Crippen molar-refractivity contribution in [3.8, 4) is 5.69 Å². The summed E-state index contributed by atoms with van der Waals surface area (Å²) in [5.74, 6) is 0.852. The average molecular weight is 245 g/mol. The molecule has 0 fully saturated rings. The first-order chi connectivity index (χ1) is 8.72. The fraction of sp³-hybridized carbons (Fsp3) is 0.308. The highest BCUT2D eigenvalue weighted by Gasteiger charge is 2.06. The van der Waals surface area contributed by atoms with Crippen LogP contribution in [-0.2, 0) is 6.42 Å². The number of aliphatic hydroxyl groups excluding tert-OH is 1. The van der Waals surface area contributed by atoms with Crippen LogP contribution in [0, 0.1) is 0 Å².